The summed E-state index contributed by atoms with van der Waals surface area (Å²) in [5, 5.41) is 3.86. The predicted molar refractivity (Wildman–Crippen MR) is 60.0 cm³/mol. The third kappa shape index (κ3) is 2.33. The number of ether oxygens (including phenoxy) is 1. The molecule has 5 heteroatoms. The average Bonchev–Trinajstić information content (AvgIpc) is 2.78. The van der Waals surface area contributed by atoms with Gasteiger partial charge < -0.3 is 4.74 Å². The Bertz CT molecular complexity index is 537. The molecule has 4 nitrogen and oxygen atoms in total. The summed E-state index contributed by atoms with van der Waals surface area (Å²) < 4.78 is 19.0. The summed E-state index contributed by atoms with van der Waals surface area (Å²) in [6, 6.07) is 7.59. The van der Waals surface area contributed by atoms with E-state index in [9.17, 15) is 9.18 Å². The highest BCUT2D eigenvalue weighted by atomic mass is 19.1. The van der Waals surface area contributed by atoms with Crippen LogP contribution in [0.1, 0.15) is 6.92 Å². The second kappa shape index (κ2) is 4.78. The van der Waals surface area contributed by atoms with Gasteiger partial charge in [0.2, 0.25) is 0 Å². The summed E-state index contributed by atoms with van der Waals surface area (Å²) in [6.07, 6.45) is 0.897. The molecule has 1 aromatic heterocycles. The van der Waals surface area contributed by atoms with Crippen LogP contribution in [0.3, 0.4) is 0 Å². The van der Waals surface area contributed by atoms with Crippen molar-refractivity contribution in [1.82, 2.24) is 9.78 Å². The second-order valence-electron chi connectivity index (χ2n) is 3.34. The van der Waals surface area contributed by atoms with E-state index in [1.54, 1.807) is 25.1 Å². The minimum Gasteiger partial charge on any atom is -0.448 e. The normalized spacial score (nSPS) is 10.2. The van der Waals surface area contributed by atoms with Crippen LogP contribution in [0.5, 0.6) is 0 Å². The SMILES string of the molecule is CCOC(=O)n1nccc1-c1cccc(F)c1. The average molecular weight is 234 g/mol. The van der Waals surface area contributed by atoms with E-state index in [0.717, 1.165) is 4.68 Å². The van der Waals surface area contributed by atoms with Gasteiger partial charge in [-0.05, 0) is 25.1 Å². The van der Waals surface area contributed by atoms with Gasteiger partial charge in [-0.1, -0.05) is 12.1 Å². The molecule has 0 aliphatic rings. The molecule has 1 aromatic carbocycles. The minimum atomic E-state index is -0.572. The summed E-state index contributed by atoms with van der Waals surface area (Å²) in [6.45, 7) is 1.98. The van der Waals surface area contributed by atoms with Crippen LogP contribution in [-0.2, 0) is 4.74 Å². The van der Waals surface area contributed by atoms with Crippen molar-refractivity contribution in [2.45, 2.75) is 6.92 Å². The summed E-state index contributed by atoms with van der Waals surface area (Å²) in [5.41, 5.74) is 1.08. The summed E-state index contributed by atoms with van der Waals surface area (Å²) >= 11 is 0. The maximum atomic E-state index is 13.1. The van der Waals surface area contributed by atoms with Crippen LogP contribution < -0.4 is 0 Å². The molecule has 0 aliphatic carbocycles. The van der Waals surface area contributed by atoms with Gasteiger partial charge in [0.25, 0.3) is 0 Å². The number of carbonyl (C=O) groups is 1. The van der Waals surface area contributed by atoms with E-state index in [1.165, 1.54) is 18.3 Å². The van der Waals surface area contributed by atoms with Crippen LogP contribution in [0.15, 0.2) is 36.5 Å². The van der Waals surface area contributed by atoms with Crippen LogP contribution in [0.25, 0.3) is 11.3 Å². The molecule has 0 unspecified atom stereocenters. The minimum absolute atomic E-state index is 0.265. The van der Waals surface area contributed by atoms with E-state index in [0.29, 0.717) is 11.3 Å². The summed E-state index contributed by atoms with van der Waals surface area (Å²) in [7, 11) is 0. The fraction of sp³-hybridized carbons (Fsp3) is 0.167. The Morgan fingerprint density at radius 1 is 1.47 bits per heavy atom. The predicted octanol–water partition coefficient (Wildman–Crippen LogP) is 2.69. The molecule has 0 amide bonds. The van der Waals surface area contributed by atoms with Gasteiger partial charge in [-0.3, -0.25) is 0 Å². The summed E-state index contributed by atoms with van der Waals surface area (Å²) in [5.74, 6) is -0.362. The van der Waals surface area contributed by atoms with Crippen LogP contribution in [0.2, 0.25) is 0 Å². The molecule has 88 valence electrons. The first-order valence-corrected chi connectivity index (χ1v) is 5.19. The highest BCUT2D eigenvalue weighted by molar-refractivity contribution is 5.76. The van der Waals surface area contributed by atoms with Gasteiger partial charge >= 0.3 is 6.09 Å². The molecule has 17 heavy (non-hydrogen) atoms. The molecule has 0 saturated heterocycles. The van der Waals surface area contributed by atoms with Crippen molar-refractivity contribution in [2.75, 3.05) is 6.61 Å². The van der Waals surface area contributed by atoms with Crippen molar-refractivity contribution in [2.24, 2.45) is 0 Å². The van der Waals surface area contributed by atoms with Crippen molar-refractivity contribution >= 4 is 6.09 Å². The Kier molecular flexibility index (Phi) is 3.18. The van der Waals surface area contributed by atoms with Crippen LogP contribution in [0.4, 0.5) is 9.18 Å². The molecule has 0 spiro atoms. The van der Waals surface area contributed by atoms with E-state index >= 15 is 0 Å². The standard InChI is InChI=1S/C12H11FN2O2/c1-2-17-12(16)15-11(6-7-14-15)9-4-3-5-10(13)8-9/h3-8H,2H2,1H3. The Balaban J connectivity index is 2.40. The maximum Gasteiger partial charge on any atom is 0.435 e. The van der Waals surface area contributed by atoms with Gasteiger partial charge in [0.1, 0.15) is 5.82 Å². The number of hydrogen-bond donors (Lipinski definition) is 0. The first kappa shape index (κ1) is 11.3. The van der Waals surface area contributed by atoms with E-state index in [4.69, 9.17) is 4.74 Å². The third-order valence-corrected chi connectivity index (χ3v) is 2.20. The molecule has 0 fully saturated rings. The second-order valence-corrected chi connectivity index (χ2v) is 3.34. The summed E-state index contributed by atoms with van der Waals surface area (Å²) in [4.78, 5) is 11.6. The fourth-order valence-corrected chi connectivity index (χ4v) is 1.50. The van der Waals surface area contributed by atoms with Crippen LogP contribution in [0, 0.1) is 5.82 Å². The molecule has 0 bridgehead atoms. The van der Waals surface area contributed by atoms with Gasteiger partial charge in [0.05, 0.1) is 18.5 Å². The smallest absolute Gasteiger partial charge is 0.435 e. The fourth-order valence-electron chi connectivity index (χ4n) is 1.50. The highest BCUT2D eigenvalue weighted by Crippen LogP contribution is 2.19. The molecule has 2 aromatic rings. The number of halogens is 1. The first-order valence-electron chi connectivity index (χ1n) is 5.19. The lowest BCUT2D eigenvalue weighted by Gasteiger charge is -2.06. The zero-order chi connectivity index (χ0) is 12.3. The maximum absolute atomic E-state index is 13.1. The van der Waals surface area contributed by atoms with Crippen molar-refractivity contribution in [3.05, 3.63) is 42.3 Å². The molecule has 1 heterocycles. The number of rotatable bonds is 2. The van der Waals surface area contributed by atoms with Crippen molar-refractivity contribution in [3.8, 4) is 11.3 Å². The number of hydrogen-bond acceptors (Lipinski definition) is 3. The quantitative estimate of drug-likeness (QED) is 0.802. The lowest BCUT2D eigenvalue weighted by atomic mass is 10.1. The van der Waals surface area contributed by atoms with Crippen molar-refractivity contribution in [3.63, 3.8) is 0 Å². The number of carbonyl (C=O) groups excluding carboxylic acids is 1. The van der Waals surface area contributed by atoms with E-state index in [1.807, 2.05) is 0 Å². The molecular formula is C12H11FN2O2. The largest absolute Gasteiger partial charge is 0.448 e. The van der Waals surface area contributed by atoms with Crippen LogP contribution >= 0.6 is 0 Å². The van der Waals surface area contributed by atoms with E-state index in [2.05, 4.69) is 5.10 Å². The van der Waals surface area contributed by atoms with Crippen molar-refractivity contribution < 1.29 is 13.9 Å². The van der Waals surface area contributed by atoms with Crippen LogP contribution in [-0.4, -0.2) is 22.5 Å². The van der Waals surface area contributed by atoms with Gasteiger partial charge in [0, 0.05) is 5.56 Å². The number of aromatic nitrogens is 2. The lowest BCUT2D eigenvalue weighted by Crippen LogP contribution is -2.16. The monoisotopic (exact) mass is 234 g/mol. The lowest BCUT2D eigenvalue weighted by molar-refractivity contribution is 0.151. The molecular weight excluding hydrogens is 223 g/mol. The first-order chi connectivity index (χ1) is 8.22. The highest BCUT2D eigenvalue weighted by Gasteiger charge is 2.13. The molecule has 0 radical (unpaired) electrons. The molecule has 0 aliphatic heterocycles. The Labute approximate surface area is 97.6 Å². The molecule has 0 atom stereocenters. The molecule has 0 saturated carbocycles. The third-order valence-electron chi connectivity index (χ3n) is 2.20. The zero-order valence-corrected chi connectivity index (χ0v) is 9.26. The Morgan fingerprint density at radius 3 is 3.00 bits per heavy atom. The Morgan fingerprint density at radius 2 is 2.29 bits per heavy atom. The van der Waals surface area contributed by atoms with Gasteiger partial charge in [-0.25, -0.2) is 9.18 Å². The Hall–Kier alpha value is -2.17. The molecule has 0 N–H and O–H groups in total. The van der Waals surface area contributed by atoms with Gasteiger partial charge in [0.15, 0.2) is 0 Å². The van der Waals surface area contributed by atoms with Gasteiger partial charge in [-0.15, -0.1) is 0 Å². The van der Waals surface area contributed by atoms with Crippen molar-refractivity contribution in [1.29, 1.82) is 0 Å². The van der Waals surface area contributed by atoms with E-state index < -0.39 is 6.09 Å². The van der Waals surface area contributed by atoms with Gasteiger partial charge in [-0.2, -0.15) is 9.78 Å². The number of benzene rings is 1. The zero-order valence-electron chi connectivity index (χ0n) is 9.26. The number of nitrogens with zero attached hydrogens (tertiary/aromatic N) is 2. The van der Waals surface area contributed by atoms with E-state index in [-0.39, 0.29) is 12.4 Å². The molecule has 2 rings (SSSR count). The topological polar surface area (TPSA) is 44.1 Å².